The second-order valence-electron chi connectivity index (χ2n) is 6.15. The highest BCUT2D eigenvalue weighted by Crippen LogP contribution is 2.26. The van der Waals surface area contributed by atoms with Crippen LogP contribution in [0.4, 0.5) is 13.2 Å². The average Bonchev–Trinajstić information content (AvgIpc) is 2.67. The Balaban J connectivity index is 1.56. The Morgan fingerprint density at radius 2 is 1.93 bits per heavy atom. The normalized spacial score (nSPS) is 15.1. The van der Waals surface area contributed by atoms with E-state index in [1.807, 2.05) is 0 Å². The van der Waals surface area contributed by atoms with E-state index >= 15 is 0 Å². The summed E-state index contributed by atoms with van der Waals surface area (Å²) in [6.07, 6.45) is -1.84. The number of benzene rings is 1. The lowest BCUT2D eigenvalue weighted by molar-refractivity contribution is -0.274. The van der Waals surface area contributed by atoms with Gasteiger partial charge in [0.1, 0.15) is 11.9 Å². The first-order chi connectivity index (χ1) is 13.4. The Labute approximate surface area is 159 Å². The van der Waals surface area contributed by atoms with E-state index in [0.717, 1.165) is 12.8 Å². The van der Waals surface area contributed by atoms with Gasteiger partial charge in [0.15, 0.2) is 0 Å². The van der Waals surface area contributed by atoms with Crippen LogP contribution in [0.2, 0.25) is 0 Å². The Morgan fingerprint density at radius 1 is 1.18 bits per heavy atom. The van der Waals surface area contributed by atoms with Crippen molar-refractivity contribution < 1.29 is 32.2 Å². The zero-order chi connectivity index (χ0) is 20.0. The number of nitrogens with zero attached hydrogens (tertiary/aromatic N) is 1. The third kappa shape index (κ3) is 5.85. The maximum Gasteiger partial charge on any atom is 0.573 e. The first kappa shape index (κ1) is 19.9. The number of halogens is 3. The van der Waals surface area contributed by atoms with Crippen molar-refractivity contribution >= 4 is 5.91 Å². The lowest BCUT2D eigenvalue weighted by atomic mass is 10.1. The summed E-state index contributed by atoms with van der Waals surface area (Å²) in [6, 6.07) is 8.77. The molecular weight excluding hydrogens is 377 g/mol. The van der Waals surface area contributed by atoms with Crippen LogP contribution in [0.15, 0.2) is 42.6 Å². The minimum atomic E-state index is -4.80. The fraction of sp³-hybridized carbons (Fsp3) is 0.368. The summed E-state index contributed by atoms with van der Waals surface area (Å²) in [5.41, 5.74) is 0.481. The van der Waals surface area contributed by atoms with Crippen molar-refractivity contribution in [2.75, 3.05) is 13.2 Å². The predicted molar refractivity (Wildman–Crippen MR) is 93.0 cm³/mol. The van der Waals surface area contributed by atoms with Gasteiger partial charge in [-0.1, -0.05) is 18.2 Å². The highest BCUT2D eigenvalue weighted by Gasteiger charge is 2.32. The van der Waals surface area contributed by atoms with Gasteiger partial charge in [-0.05, 0) is 12.1 Å². The maximum absolute atomic E-state index is 12.5. The molecule has 0 spiro atoms. The molecule has 1 aliphatic rings. The van der Waals surface area contributed by atoms with E-state index in [9.17, 15) is 18.0 Å². The molecule has 0 unspecified atom stereocenters. The van der Waals surface area contributed by atoms with Gasteiger partial charge in [-0.2, -0.15) is 0 Å². The van der Waals surface area contributed by atoms with Gasteiger partial charge in [-0.3, -0.25) is 4.79 Å². The molecule has 28 heavy (non-hydrogen) atoms. The fourth-order valence-corrected chi connectivity index (χ4v) is 2.70. The fourth-order valence-electron chi connectivity index (χ4n) is 2.70. The summed E-state index contributed by atoms with van der Waals surface area (Å²) >= 11 is 0. The molecule has 1 aromatic heterocycles. The molecule has 1 fully saturated rings. The molecule has 1 saturated heterocycles. The Bertz CT molecular complexity index is 791. The number of ether oxygens (including phenoxy) is 3. The number of hydrogen-bond donors (Lipinski definition) is 1. The van der Waals surface area contributed by atoms with Crippen LogP contribution in [-0.4, -0.2) is 36.6 Å². The third-order valence-corrected chi connectivity index (χ3v) is 4.09. The molecule has 0 radical (unpaired) electrons. The number of aromatic nitrogens is 1. The Morgan fingerprint density at radius 3 is 2.61 bits per heavy atom. The molecule has 1 aromatic carbocycles. The van der Waals surface area contributed by atoms with Gasteiger partial charge in [-0.15, -0.1) is 13.2 Å². The van der Waals surface area contributed by atoms with Crippen LogP contribution in [-0.2, 0) is 11.3 Å². The van der Waals surface area contributed by atoms with Crippen molar-refractivity contribution in [3.8, 4) is 11.6 Å². The van der Waals surface area contributed by atoms with Gasteiger partial charge >= 0.3 is 6.36 Å². The first-order valence-corrected chi connectivity index (χ1v) is 8.73. The molecule has 0 bridgehead atoms. The zero-order valence-corrected chi connectivity index (χ0v) is 14.9. The van der Waals surface area contributed by atoms with Crippen LogP contribution >= 0.6 is 0 Å². The molecule has 150 valence electrons. The first-order valence-electron chi connectivity index (χ1n) is 8.73. The van der Waals surface area contributed by atoms with Crippen LogP contribution in [0.1, 0.15) is 28.8 Å². The van der Waals surface area contributed by atoms with Gasteiger partial charge in [0.2, 0.25) is 5.88 Å². The SMILES string of the molecule is O=C(NCc1ccccc1OC(F)(F)F)c1ccc(OC2CCOCC2)nc1. The van der Waals surface area contributed by atoms with Crippen LogP contribution in [0.25, 0.3) is 0 Å². The number of hydrogen-bond acceptors (Lipinski definition) is 5. The van der Waals surface area contributed by atoms with Crippen LogP contribution < -0.4 is 14.8 Å². The zero-order valence-electron chi connectivity index (χ0n) is 14.9. The van der Waals surface area contributed by atoms with E-state index in [1.165, 1.54) is 24.4 Å². The Kier molecular flexibility index (Phi) is 6.35. The number of pyridine rings is 1. The molecule has 9 heteroatoms. The highest BCUT2D eigenvalue weighted by atomic mass is 19.4. The second-order valence-corrected chi connectivity index (χ2v) is 6.15. The maximum atomic E-state index is 12.5. The van der Waals surface area contributed by atoms with Crippen molar-refractivity contribution in [3.63, 3.8) is 0 Å². The van der Waals surface area contributed by atoms with Crippen molar-refractivity contribution in [2.24, 2.45) is 0 Å². The standard InChI is InChI=1S/C19H19F3N2O4/c20-19(21,22)28-16-4-2-1-3-13(16)11-24-18(25)14-5-6-17(23-12-14)27-15-7-9-26-10-8-15/h1-6,12,15H,7-11H2,(H,24,25). The summed E-state index contributed by atoms with van der Waals surface area (Å²) in [5, 5.41) is 2.56. The second kappa shape index (κ2) is 8.92. The predicted octanol–water partition coefficient (Wildman–Crippen LogP) is 3.47. The summed E-state index contributed by atoms with van der Waals surface area (Å²) in [6.45, 7) is 1.17. The molecule has 0 saturated carbocycles. The van der Waals surface area contributed by atoms with Crippen LogP contribution in [0.5, 0.6) is 11.6 Å². The summed E-state index contributed by atoms with van der Waals surface area (Å²) in [5.74, 6) is -0.409. The molecule has 1 N–H and O–H groups in total. The number of alkyl halides is 3. The molecule has 6 nitrogen and oxygen atoms in total. The van der Waals surface area contributed by atoms with E-state index in [0.29, 0.717) is 19.1 Å². The number of nitrogens with one attached hydrogen (secondary N) is 1. The number of rotatable bonds is 6. The van der Waals surface area contributed by atoms with Crippen LogP contribution in [0.3, 0.4) is 0 Å². The summed E-state index contributed by atoms with van der Waals surface area (Å²) in [4.78, 5) is 16.4. The third-order valence-electron chi connectivity index (χ3n) is 4.09. The lowest BCUT2D eigenvalue weighted by Crippen LogP contribution is -2.26. The van der Waals surface area contributed by atoms with E-state index < -0.39 is 12.3 Å². The van der Waals surface area contributed by atoms with Gasteiger partial charge in [0.25, 0.3) is 5.91 Å². The molecule has 2 aromatic rings. The number of carbonyl (C=O) groups is 1. The minimum absolute atomic E-state index is 0.0334. The molecule has 1 aliphatic heterocycles. The van der Waals surface area contributed by atoms with Crippen molar-refractivity contribution in [1.82, 2.24) is 10.3 Å². The number of para-hydroxylation sites is 1. The molecule has 0 aliphatic carbocycles. The molecule has 3 rings (SSSR count). The monoisotopic (exact) mass is 396 g/mol. The topological polar surface area (TPSA) is 69.7 Å². The van der Waals surface area contributed by atoms with Gasteiger partial charge < -0.3 is 19.5 Å². The molecule has 1 amide bonds. The lowest BCUT2D eigenvalue weighted by Gasteiger charge is -2.22. The van der Waals surface area contributed by atoms with Gasteiger partial charge in [-0.25, -0.2) is 4.98 Å². The quantitative estimate of drug-likeness (QED) is 0.810. The van der Waals surface area contributed by atoms with Gasteiger partial charge in [0.05, 0.1) is 18.8 Å². The van der Waals surface area contributed by atoms with E-state index in [2.05, 4.69) is 15.0 Å². The smallest absolute Gasteiger partial charge is 0.474 e. The van der Waals surface area contributed by atoms with Crippen molar-refractivity contribution in [1.29, 1.82) is 0 Å². The summed E-state index contributed by atoms with van der Waals surface area (Å²) < 4.78 is 52.3. The van der Waals surface area contributed by atoms with Crippen molar-refractivity contribution in [3.05, 3.63) is 53.7 Å². The largest absolute Gasteiger partial charge is 0.573 e. The Hall–Kier alpha value is -2.81. The van der Waals surface area contributed by atoms with E-state index in [1.54, 1.807) is 18.2 Å². The molecule has 2 heterocycles. The molecule has 0 atom stereocenters. The summed E-state index contributed by atoms with van der Waals surface area (Å²) in [7, 11) is 0. The van der Waals surface area contributed by atoms with E-state index in [4.69, 9.17) is 9.47 Å². The van der Waals surface area contributed by atoms with Gasteiger partial charge in [0, 0.05) is 37.2 Å². The van der Waals surface area contributed by atoms with E-state index in [-0.39, 0.29) is 29.5 Å². The number of carbonyl (C=O) groups excluding carboxylic acids is 1. The highest BCUT2D eigenvalue weighted by molar-refractivity contribution is 5.93. The molecular formula is C19H19F3N2O4. The average molecular weight is 396 g/mol. The van der Waals surface area contributed by atoms with Crippen LogP contribution in [0, 0.1) is 0 Å². The minimum Gasteiger partial charge on any atom is -0.474 e. The van der Waals surface area contributed by atoms with Crippen molar-refractivity contribution in [2.45, 2.75) is 31.9 Å². The number of amides is 1.